The van der Waals surface area contributed by atoms with E-state index < -0.39 is 0 Å². The predicted molar refractivity (Wildman–Crippen MR) is 51.8 cm³/mol. The third-order valence-corrected chi connectivity index (χ3v) is 2.05. The summed E-state index contributed by atoms with van der Waals surface area (Å²) in [6.07, 6.45) is 0.265. The molecule has 0 bridgehead atoms. The van der Waals surface area contributed by atoms with Crippen molar-refractivity contribution < 1.29 is 46.9 Å². The van der Waals surface area contributed by atoms with Crippen LogP contribution in [0.2, 0.25) is 0 Å². The van der Waals surface area contributed by atoms with Crippen LogP contribution in [0.3, 0.4) is 0 Å². The van der Waals surface area contributed by atoms with Gasteiger partial charge in [-0.15, -0.1) is 12.1 Å². The number of epoxide rings is 1. The van der Waals surface area contributed by atoms with E-state index in [0.717, 1.165) is 17.9 Å². The summed E-state index contributed by atoms with van der Waals surface area (Å²) in [4.78, 5) is 0. The van der Waals surface area contributed by atoms with Gasteiger partial charge in [0.2, 0.25) is 0 Å². The quantitative estimate of drug-likeness (QED) is 0.620. The van der Waals surface area contributed by atoms with Crippen LogP contribution < -0.4 is 9.47 Å². The van der Waals surface area contributed by atoms with Crippen molar-refractivity contribution in [1.82, 2.24) is 0 Å². The fourth-order valence-corrected chi connectivity index (χ4v) is 1.17. The molecule has 0 saturated carbocycles. The van der Waals surface area contributed by atoms with E-state index in [-0.39, 0.29) is 38.8 Å². The second kappa shape index (κ2) is 5.83. The molecule has 0 N–H and O–H groups in total. The second-order valence-electron chi connectivity index (χ2n) is 3.31. The fraction of sp³-hybridized carbons (Fsp3) is 0.455. The molecular formula is C11H13O3Y+2. The first-order valence-corrected chi connectivity index (χ1v) is 4.61. The van der Waals surface area contributed by atoms with Crippen LogP contribution in [0, 0.1) is 13.0 Å². The van der Waals surface area contributed by atoms with Crippen LogP contribution in [0.25, 0.3) is 0 Å². The number of hydrogen-bond acceptors (Lipinski definition) is 3. The molecule has 0 spiro atoms. The first kappa shape index (κ1) is 13.0. The van der Waals surface area contributed by atoms with Crippen molar-refractivity contribution in [3.63, 3.8) is 0 Å². The van der Waals surface area contributed by atoms with Crippen molar-refractivity contribution >= 4 is 0 Å². The van der Waals surface area contributed by atoms with Crippen molar-refractivity contribution in [1.29, 1.82) is 0 Å². The molecule has 1 aliphatic heterocycles. The Hall–Kier alpha value is -0.116. The van der Waals surface area contributed by atoms with Gasteiger partial charge in [0.1, 0.15) is 12.7 Å². The zero-order valence-corrected chi connectivity index (χ0v) is 11.8. The zero-order valence-electron chi connectivity index (χ0n) is 8.95. The first-order valence-electron chi connectivity index (χ1n) is 4.61. The van der Waals surface area contributed by atoms with Crippen LogP contribution in [-0.4, -0.2) is 26.4 Å². The Bertz CT molecular complexity index is 324. The van der Waals surface area contributed by atoms with Gasteiger partial charge in [-0.2, -0.15) is 11.6 Å². The van der Waals surface area contributed by atoms with E-state index in [1.54, 1.807) is 7.11 Å². The maximum atomic E-state index is 5.53. The summed E-state index contributed by atoms with van der Waals surface area (Å²) in [5.41, 5.74) is 1.04. The number of benzene rings is 1. The van der Waals surface area contributed by atoms with Crippen LogP contribution >= 0.6 is 0 Å². The monoisotopic (exact) mass is 282 g/mol. The number of rotatable bonds is 4. The van der Waals surface area contributed by atoms with E-state index in [1.165, 1.54) is 0 Å². The van der Waals surface area contributed by atoms with E-state index in [4.69, 9.17) is 14.2 Å². The maximum Gasteiger partial charge on any atom is 3.00 e. The Kier molecular flexibility index (Phi) is 5.03. The maximum absolute atomic E-state index is 5.53. The summed E-state index contributed by atoms with van der Waals surface area (Å²) in [6.45, 7) is 3.36. The van der Waals surface area contributed by atoms with Crippen LogP contribution in [0.15, 0.2) is 12.1 Å². The minimum Gasteiger partial charge on any atom is -0.545 e. The molecule has 1 atom stereocenters. The molecule has 15 heavy (non-hydrogen) atoms. The zero-order chi connectivity index (χ0) is 9.97. The number of aryl methyl sites for hydroxylation is 1. The molecule has 2 rings (SSSR count). The second-order valence-corrected chi connectivity index (χ2v) is 3.31. The van der Waals surface area contributed by atoms with Crippen LogP contribution in [0.1, 0.15) is 5.56 Å². The molecule has 1 aromatic carbocycles. The van der Waals surface area contributed by atoms with Crippen LogP contribution in [0.4, 0.5) is 0 Å². The topological polar surface area (TPSA) is 31.0 Å². The molecule has 76 valence electrons. The van der Waals surface area contributed by atoms with E-state index in [0.29, 0.717) is 12.4 Å². The number of ether oxygens (including phenoxy) is 3. The minimum absolute atomic E-state index is 0. The third kappa shape index (κ3) is 3.74. The molecule has 1 unspecified atom stereocenters. The minimum atomic E-state index is 0. The molecule has 1 aliphatic rings. The van der Waals surface area contributed by atoms with E-state index >= 15 is 0 Å². The van der Waals surface area contributed by atoms with Gasteiger partial charge in [-0.25, -0.2) is 0 Å². The molecule has 1 heterocycles. The Morgan fingerprint density at radius 3 is 2.87 bits per heavy atom. The van der Waals surface area contributed by atoms with Gasteiger partial charge >= 0.3 is 32.7 Å². The molecule has 0 aliphatic carbocycles. The standard InChI is InChI=1S/C11H13O3.Y/c1-8-3-4-10(11(5-8)12-2)14-7-9-6-13-9;/h3-4,9H,6-7H2,1-2H3;/q-1;+3. The van der Waals surface area contributed by atoms with Gasteiger partial charge in [-0.05, 0) is 0 Å². The summed E-state index contributed by atoms with van der Waals surface area (Å²) in [7, 11) is 1.62. The van der Waals surface area contributed by atoms with Crippen molar-refractivity contribution in [3.8, 4) is 11.5 Å². The van der Waals surface area contributed by atoms with Crippen molar-refractivity contribution in [2.45, 2.75) is 13.0 Å². The molecule has 0 aromatic heterocycles. The first-order chi connectivity index (χ1) is 6.79. The molecule has 4 heteroatoms. The molecule has 1 aromatic rings. The predicted octanol–water partition coefficient (Wildman–Crippen LogP) is 1.58. The molecule has 1 saturated heterocycles. The molecular weight excluding hydrogens is 269 g/mol. The van der Waals surface area contributed by atoms with Crippen molar-refractivity contribution in [2.24, 2.45) is 0 Å². The van der Waals surface area contributed by atoms with Gasteiger partial charge in [0.25, 0.3) is 0 Å². The summed E-state index contributed by atoms with van der Waals surface area (Å²) >= 11 is 0. The SMILES string of the molecule is COc1[c-]c(C)ccc1OCC1CO1.[Y+3]. The number of hydrogen-bond donors (Lipinski definition) is 0. The van der Waals surface area contributed by atoms with Gasteiger partial charge in [0.15, 0.2) is 0 Å². The normalized spacial score (nSPS) is 17.9. The van der Waals surface area contributed by atoms with Gasteiger partial charge < -0.3 is 14.2 Å². The summed E-state index contributed by atoms with van der Waals surface area (Å²) < 4.78 is 15.7. The Labute approximate surface area is 115 Å². The molecule has 1 fully saturated rings. The van der Waals surface area contributed by atoms with E-state index in [2.05, 4.69) is 6.07 Å². The third-order valence-electron chi connectivity index (χ3n) is 2.05. The Morgan fingerprint density at radius 2 is 2.27 bits per heavy atom. The Balaban J connectivity index is 0.00000112. The fourth-order valence-electron chi connectivity index (χ4n) is 1.17. The van der Waals surface area contributed by atoms with Crippen LogP contribution in [-0.2, 0) is 37.4 Å². The van der Waals surface area contributed by atoms with Crippen molar-refractivity contribution in [3.05, 3.63) is 23.8 Å². The van der Waals surface area contributed by atoms with E-state index in [9.17, 15) is 0 Å². The molecule has 0 amide bonds. The van der Waals surface area contributed by atoms with Gasteiger partial charge in [0, 0.05) is 11.5 Å². The van der Waals surface area contributed by atoms with Gasteiger partial charge in [-0.3, -0.25) is 0 Å². The smallest absolute Gasteiger partial charge is 0.545 e. The summed E-state index contributed by atoms with van der Waals surface area (Å²) in [6, 6.07) is 6.93. The number of methoxy groups -OCH3 is 1. The summed E-state index contributed by atoms with van der Waals surface area (Å²) in [5, 5.41) is 0. The largest absolute Gasteiger partial charge is 3.00 e. The molecule has 3 nitrogen and oxygen atoms in total. The summed E-state index contributed by atoms with van der Waals surface area (Å²) in [5.74, 6) is 1.39. The van der Waals surface area contributed by atoms with Crippen LogP contribution in [0.5, 0.6) is 11.5 Å². The molecule has 0 radical (unpaired) electrons. The van der Waals surface area contributed by atoms with Gasteiger partial charge in [0.05, 0.1) is 13.7 Å². The van der Waals surface area contributed by atoms with Gasteiger partial charge in [-0.1, -0.05) is 6.92 Å². The van der Waals surface area contributed by atoms with E-state index in [1.807, 2.05) is 19.1 Å². The Morgan fingerprint density at radius 1 is 1.53 bits per heavy atom. The van der Waals surface area contributed by atoms with Crippen molar-refractivity contribution in [2.75, 3.05) is 20.3 Å². The average Bonchev–Trinajstić information content (AvgIpc) is 2.99. The average molecular weight is 282 g/mol.